The highest BCUT2D eigenvalue weighted by atomic mass is 32.3. The van der Waals surface area contributed by atoms with Crippen LogP contribution in [0.5, 0.6) is 0 Å². The highest BCUT2D eigenvalue weighted by Gasteiger charge is 2.23. The predicted octanol–water partition coefficient (Wildman–Crippen LogP) is 2.11. The number of amidine groups is 1. The summed E-state index contributed by atoms with van der Waals surface area (Å²) in [7, 11) is 0.733. The number of nitrogens with zero attached hydrogens (tertiary/aromatic N) is 4. The van der Waals surface area contributed by atoms with Crippen LogP contribution in [-0.4, -0.2) is 90.5 Å². The van der Waals surface area contributed by atoms with Crippen LogP contribution in [0.4, 0.5) is 5.69 Å². The van der Waals surface area contributed by atoms with Gasteiger partial charge in [-0.3, -0.25) is 0 Å². The first-order valence-corrected chi connectivity index (χ1v) is 12.0. The smallest absolute Gasteiger partial charge is 0.358 e. The van der Waals surface area contributed by atoms with Gasteiger partial charge in [0.2, 0.25) is 0 Å². The second kappa shape index (κ2) is 9.57. The van der Waals surface area contributed by atoms with E-state index < -0.39 is 16.0 Å². The molecule has 0 aliphatic carbocycles. The number of rotatable bonds is 7. The van der Waals surface area contributed by atoms with Crippen LogP contribution in [0.1, 0.15) is 24.3 Å². The highest BCUT2D eigenvalue weighted by molar-refractivity contribution is 8.32. The van der Waals surface area contributed by atoms with E-state index in [4.69, 9.17) is 14.2 Å². The monoisotopic (exact) mass is 400 g/mol. The summed E-state index contributed by atoms with van der Waals surface area (Å²) in [6, 6.07) is 0.238. The van der Waals surface area contributed by atoms with Gasteiger partial charge in [0, 0.05) is 12.3 Å². The third-order valence-electron chi connectivity index (χ3n) is 4.32. The number of aromatic nitrogens is 2. The molecule has 1 atom stereocenters. The molecule has 0 N–H and O–H groups in total. The Morgan fingerprint density at radius 3 is 2.81 bits per heavy atom. The number of morpholine rings is 1. The minimum atomic E-state index is -0.622. The average molecular weight is 401 g/mol. The number of methoxy groups -OCH3 is 1. The zero-order valence-electron chi connectivity index (χ0n) is 17.2. The summed E-state index contributed by atoms with van der Waals surface area (Å²) in [6.07, 6.45) is 8.31. The van der Waals surface area contributed by atoms with Gasteiger partial charge >= 0.3 is 5.97 Å². The van der Waals surface area contributed by atoms with E-state index in [0.717, 1.165) is 18.1 Å². The van der Waals surface area contributed by atoms with Crippen molar-refractivity contribution >= 4 is 27.5 Å². The molecule has 0 aromatic carbocycles. The molecule has 1 fully saturated rings. The van der Waals surface area contributed by atoms with Gasteiger partial charge in [0.15, 0.2) is 5.69 Å². The van der Waals surface area contributed by atoms with Crippen molar-refractivity contribution in [1.29, 1.82) is 0 Å². The Bertz CT molecular complexity index is 669. The van der Waals surface area contributed by atoms with Gasteiger partial charge in [-0.2, -0.15) is 5.10 Å². The minimum absolute atomic E-state index is 0.197. The van der Waals surface area contributed by atoms with Crippen LogP contribution in [0, 0.1) is 0 Å². The topological polar surface area (TPSA) is 78.2 Å². The molecule has 0 radical (unpaired) electrons. The second-order valence-electron chi connectivity index (χ2n) is 7.48. The lowest BCUT2D eigenvalue weighted by molar-refractivity contribution is 0.0330. The van der Waals surface area contributed by atoms with E-state index in [1.54, 1.807) is 6.20 Å². The molecule has 1 aromatic rings. The first-order chi connectivity index (χ1) is 12.7. The van der Waals surface area contributed by atoms with E-state index >= 15 is 0 Å². The summed E-state index contributed by atoms with van der Waals surface area (Å²) < 4.78 is 17.6. The van der Waals surface area contributed by atoms with Crippen molar-refractivity contribution in [3.8, 4) is 0 Å². The van der Waals surface area contributed by atoms with Gasteiger partial charge in [-0.05, 0) is 32.6 Å². The molecule has 1 aliphatic rings. The van der Waals surface area contributed by atoms with Crippen molar-refractivity contribution in [3.63, 3.8) is 0 Å². The van der Waals surface area contributed by atoms with Crippen LogP contribution in [0.3, 0.4) is 0 Å². The van der Waals surface area contributed by atoms with Crippen LogP contribution in [0.15, 0.2) is 11.2 Å². The standard InChI is InChI=1S/C18H32N4O4S/c1-14-12-25-8-7-21(14)15(2)20-16-11-19-22(17(16)18(23)24-3)13-26-9-10-27(4,5)6/h11,14H,7-10,12-13H2,1-6H3/b20-15+/t14-/m1/s1. The van der Waals surface area contributed by atoms with Crippen molar-refractivity contribution in [3.05, 3.63) is 11.9 Å². The largest absolute Gasteiger partial charge is 0.464 e. The quantitative estimate of drug-likeness (QED) is 0.302. The maximum atomic E-state index is 12.3. The van der Waals surface area contributed by atoms with Crippen molar-refractivity contribution in [2.24, 2.45) is 4.99 Å². The third-order valence-corrected chi connectivity index (χ3v) is 5.71. The molecule has 9 heteroatoms. The first-order valence-electron chi connectivity index (χ1n) is 9.00. The summed E-state index contributed by atoms with van der Waals surface area (Å²) in [5.41, 5.74) is 0.795. The van der Waals surface area contributed by atoms with Crippen LogP contribution in [0.2, 0.25) is 0 Å². The Labute approximate surface area is 163 Å². The zero-order chi connectivity index (χ0) is 20.0. The lowest BCUT2D eigenvalue weighted by atomic mass is 10.2. The van der Waals surface area contributed by atoms with Crippen molar-refractivity contribution in [1.82, 2.24) is 14.7 Å². The van der Waals surface area contributed by atoms with Crippen molar-refractivity contribution in [2.45, 2.75) is 26.6 Å². The predicted molar refractivity (Wildman–Crippen MR) is 110 cm³/mol. The number of hydrogen-bond acceptors (Lipinski definition) is 6. The molecule has 27 heavy (non-hydrogen) atoms. The summed E-state index contributed by atoms with van der Waals surface area (Å²) in [5, 5.41) is 4.28. The Morgan fingerprint density at radius 1 is 1.44 bits per heavy atom. The lowest BCUT2D eigenvalue weighted by Crippen LogP contribution is -2.46. The summed E-state index contributed by atoms with van der Waals surface area (Å²) in [5.74, 6) is 1.35. The summed E-state index contributed by atoms with van der Waals surface area (Å²) >= 11 is 0. The summed E-state index contributed by atoms with van der Waals surface area (Å²) in [6.45, 7) is 6.96. The maximum absolute atomic E-state index is 12.3. The Kier molecular flexibility index (Phi) is 7.69. The van der Waals surface area contributed by atoms with Gasteiger partial charge in [0.05, 0.1) is 39.2 Å². The van der Waals surface area contributed by atoms with Gasteiger partial charge in [-0.1, -0.05) is 0 Å². The van der Waals surface area contributed by atoms with E-state index in [-0.39, 0.29) is 12.8 Å². The molecule has 8 nitrogen and oxygen atoms in total. The molecule has 1 saturated heterocycles. The number of hydrogen-bond donors (Lipinski definition) is 0. The molecule has 2 heterocycles. The Hall–Kier alpha value is -1.58. The van der Waals surface area contributed by atoms with Crippen molar-refractivity contribution < 1.29 is 19.0 Å². The van der Waals surface area contributed by atoms with Gasteiger partial charge in [0.25, 0.3) is 0 Å². The maximum Gasteiger partial charge on any atom is 0.358 e. The fourth-order valence-corrected chi connectivity index (χ4v) is 3.39. The van der Waals surface area contributed by atoms with Crippen LogP contribution in [-0.2, 0) is 20.9 Å². The molecule has 2 rings (SSSR count). The number of carbonyl (C=O) groups is 1. The molecular weight excluding hydrogens is 368 g/mol. The zero-order valence-corrected chi connectivity index (χ0v) is 18.0. The third kappa shape index (κ3) is 6.22. The van der Waals surface area contributed by atoms with Gasteiger partial charge in [0.1, 0.15) is 18.3 Å². The lowest BCUT2D eigenvalue weighted by Gasteiger charge is -2.34. The molecule has 0 unspecified atom stereocenters. The average Bonchev–Trinajstić information content (AvgIpc) is 3.00. The minimum Gasteiger partial charge on any atom is -0.464 e. The number of carbonyl (C=O) groups excluding carboxylic acids is 1. The molecule has 0 bridgehead atoms. The molecule has 1 aliphatic heterocycles. The second-order valence-corrected chi connectivity index (χ2v) is 12.1. The number of aliphatic imine (C=N–C) groups is 1. The van der Waals surface area contributed by atoms with Gasteiger partial charge in [-0.25, -0.2) is 24.5 Å². The number of esters is 1. The normalized spacial score (nSPS) is 19.3. The van der Waals surface area contributed by atoms with E-state index in [9.17, 15) is 4.79 Å². The fourth-order valence-electron chi connectivity index (χ4n) is 2.77. The molecular formula is C18H32N4O4S. The van der Waals surface area contributed by atoms with Gasteiger partial charge < -0.3 is 19.1 Å². The molecule has 1 aromatic heterocycles. The highest BCUT2D eigenvalue weighted by Crippen LogP contribution is 2.33. The van der Waals surface area contributed by atoms with E-state index in [1.807, 2.05) is 6.92 Å². The SMILES string of the molecule is COC(=O)c1c(/N=C(\C)N2CCOC[C@H]2C)cnn1COCCS(C)(C)C. The van der Waals surface area contributed by atoms with Crippen LogP contribution in [0.25, 0.3) is 0 Å². The Morgan fingerprint density at radius 2 is 2.19 bits per heavy atom. The Balaban J connectivity index is 2.15. The van der Waals surface area contributed by atoms with E-state index in [0.29, 0.717) is 31.2 Å². The summed E-state index contributed by atoms with van der Waals surface area (Å²) in [4.78, 5) is 19.1. The van der Waals surface area contributed by atoms with Gasteiger partial charge in [-0.15, -0.1) is 0 Å². The molecule has 0 amide bonds. The van der Waals surface area contributed by atoms with Crippen molar-refractivity contribution in [2.75, 3.05) is 58.0 Å². The van der Waals surface area contributed by atoms with E-state index in [1.165, 1.54) is 11.8 Å². The number of ether oxygens (including phenoxy) is 3. The van der Waals surface area contributed by atoms with E-state index in [2.05, 4.69) is 40.7 Å². The molecule has 0 spiro atoms. The fraction of sp³-hybridized carbons (Fsp3) is 0.722. The molecule has 0 saturated carbocycles. The first kappa shape index (κ1) is 21.7. The van der Waals surface area contributed by atoms with Crippen LogP contribution < -0.4 is 0 Å². The molecule has 154 valence electrons. The van der Waals surface area contributed by atoms with Crippen LogP contribution >= 0.6 is 10.0 Å².